The van der Waals surface area contributed by atoms with Crippen LogP contribution in [0.2, 0.25) is 0 Å². The van der Waals surface area contributed by atoms with Crippen LogP contribution in [0.1, 0.15) is 58.1 Å². The highest BCUT2D eigenvalue weighted by atomic mass is 16.7. The number of carbonyl (C=O) groups excluding carboxylic acids is 3. The molecule has 7 atom stereocenters. The summed E-state index contributed by atoms with van der Waals surface area (Å²) in [6, 6.07) is 1.78. The van der Waals surface area contributed by atoms with Gasteiger partial charge in [0.05, 0.1) is 31.5 Å². The molecule has 1 aromatic rings. The molecule has 1 aromatic heterocycles. The van der Waals surface area contributed by atoms with Crippen LogP contribution in [0.4, 0.5) is 0 Å². The van der Waals surface area contributed by atoms with Crippen molar-refractivity contribution < 1.29 is 37.7 Å². The Bertz CT molecular complexity index is 863. The van der Waals surface area contributed by atoms with Crippen LogP contribution in [0.5, 0.6) is 0 Å². The van der Waals surface area contributed by atoms with Crippen LogP contribution in [0.25, 0.3) is 0 Å². The maximum atomic E-state index is 13.9. The Labute approximate surface area is 187 Å². The van der Waals surface area contributed by atoms with Gasteiger partial charge in [0, 0.05) is 18.1 Å². The van der Waals surface area contributed by atoms with E-state index in [0.29, 0.717) is 25.9 Å². The fourth-order valence-corrected chi connectivity index (χ4v) is 6.52. The Morgan fingerprint density at radius 3 is 2.69 bits per heavy atom. The molecular formula is C24H32O8. The highest BCUT2D eigenvalue weighted by Gasteiger charge is 2.67. The molecule has 8 heteroatoms. The number of methoxy groups -OCH3 is 1. The summed E-state index contributed by atoms with van der Waals surface area (Å²) in [7, 11) is 1.37. The van der Waals surface area contributed by atoms with Gasteiger partial charge in [-0.05, 0) is 49.5 Å². The fourth-order valence-electron chi connectivity index (χ4n) is 6.52. The molecule has 1 aliphatic heterocycles. The highest BCUT2D eigenvalue weighted by Crippen LogP contribution is 2.65. The zero-order valence-corrected chi connectivity index (χ0v) is 19.1. The number of rotatable bonds is 6. The quantitative estimate of drug-likeness (QED) is 0.371. The summed E-state index contributed by atoms with van der Waals surface area (Å²) < 4.78 is 27.2. The molecule has 0 aromatic carbocycles. The lowest BCUT2D eigenvalue weighted by atomic mass is 9.43. The summed E-state index contributed by atoms with van der Waals surface area (Å²) >= 11 is 0. The molecule has 8 nitrogen and oxygen atoms in total. The number of fused-ring (bicyclic) bond motifs is 3. The van der Waals surface area contributed by atoms with E-state index in [1.54, 1.807) is 18.6 Å². The first-order chi connectivity index (χ1) is 15.3. The van der Waals surface area contributed by atoms with Crippen molar-refractivity contribution in [3.05, 3.63) is 24.2 Å². The van der Waals surface area contributed by atoms with Crippen LogP contribution in [-0.2, 0) is 33.3 Å². The summed E-state index contributed by atoms with van der Waals surface area (Å²) in [6.45, 7) is 6.26. The monoisotopic (exact) mass is 448 g/mol. The average Bonchev–Trinajstić information content (AvgIpc) is 3.29. The van der Waals surface area contributed by atoms with E-state index in [9.17, 15) is 14.4 Å². The Balaban J connectivity index is 1.74. The average molecular weight is 449 g/mol. The molecule has 0 bridgehead atoms. The highest BCUT2D eigenvalue weighted by molar-refractivity contribution is 5.92. The maximum absolute atomic E-state index is 13.9. The van der Waals surface area contributed by atoms with Crippen molar-refractivity contribution in [2.75, 3.05) is 20.5 Å². The topological polar surface area (TPSA) is 101 Å². The zero-order chi connectivity index (χ0) is 23.1. The second kappa shape index (κ2) is 8.63. The van der Waals surface area contributed by atoms with Crippen molar-refractivity contribution in [3.8, 4) is 0 Å². The van der Waals surface area contributed by atoms with Crippen LogP contribution < -0.4 is 0 Å². The number of cyclic esters (lactones) is 1. The van der Waals surface area contributed by atoms with Gasteiger partial charge in [-0.15, -0.1) is 0 Å². The normalized spacial score (nSPS) is 39.1. The third kappa shape index (κ3) is 3.57. The van der Waals surface area contributed by atoms with Gasteiger partial charge in [-0.2, -0.15) is 0 Å². The van der Waals surface area contributed by atoms with Crippen molar-refractivity contribution in [3.63, 3.8) is 0 Å². The van der Waals surface area contributed by atoms with Gasteiger partial charge in [0.1, 0.15) is 19.0 Å². The standard InChI is InChI=1S/C24H32O8/c1-5-29-13-31-17-10-16(21(26)28-4)23(2)8-6-15-22(27)32-18(14-7-9-30-12-14)11-24(15,3)20(23)19(17)25/h7,9,12,15-18,20H,5-6,8,10-11,13H2,1-4H3/t15-,16-,17-,18-,20-,23-,24-/m0/s1. The third-order valence-electron chi connectivity index (χ3n) is 8.06. The fraction of sp³-hybridized carbons (Fsp3) is 0.708. The predicted octanol–water partition coefficient (Wildman–Crippen LogP) is 3.45. The van der Waals surface area contributed by atoms with Crippen LogP contribution >= 0.6 is 0 Å². The van der Waals surface area contributed by atoms with E-state index >= 15 is 0 Å². The van der Waals surface area contributed by atoms with Gasteiger partial charge in [-0.1, -0.05) is 13.8 Å². The minimum absolute atomic E-state index is 0.0237. The Morgan fingerprint density at radius 1 is 1.25 bits per heavy atom. The van der Waals surface area contributed by atoms with Crippen LogP contribution in [0.3, 0.4) is 0 Å². The number of hydrogen-bond donors (Lipinski definition) is 0. The molecule has 3 aliphatic rings. The molecule has 0 spiro atoms. The molecule has 4 rings (SSSR count). The SMILES string of the molecule is CCOCO[C@H]1C[C@@H](C(=O)OC)[C@]2(C)CC[C@H]3C(=O)O[C@H](c4ccoc4)C[C@]3(C)[C@H]2C1=O. The second-order valence-corrected chi connectivity index (χ2v) is 9.70. The van der Waals surface area contributed by atoms with E-state index < -0.39 is 40.8 Å². The van der Waals surface area contributed by atoms with Crippen LogP contribution in [-0.4, -0.2) is 44.3 Å². The number of hydrogen-bond acceptors (Lipinski definition) is 8. The van der Waals surface area contributed by atoms with Crippen LogP contribution in [0, 0.1) is 28.6 Å². The molecule has 0 amide bonds. The zero-order valence-electron chi connectivity index (χ0n) is 19.1. The Hall–Kier alpha value is -2.19. The molecule has 2 aliphatic carbocycles. The molecular weight excluding hydrogens is 416 g/mol. The second-order valence-electron chi connectivity index (χ2n) is 9.70. The number of ether oxygens (including phenoxy) is 4. The van der Waals surface area contributed by atoms with Gasteiger partial charge < -0.3 is 23.4 Å². The Morgan fingerprint density at radius 2 is 2.03 bits per heavy atom. The lowest BCUT2D eigenvalue weighted by molar-refractivity contribution is -0.213. The van der Waals surface area contributed by atoms with E-state index in [1.165, 1.54) is 7.11 Å². The third-order valence-corrected chi connectivity index (χ3v) is 8.06. The molecule has 0 radical (unpaired) electrons. The lowest BCUT2D eigenvalue weighted by Gasteiger charge is -2.61. The molecule has 176 valence electrons. The molecule has 0 N–H and O–H groups in total. The van der Waals surface area contributed by atoms with Crippen molar-refractivity contribution in [1.82, 2.24) is 0 Å². The summed E-state index contributed by atoms with van der Waals surface area (Å²) in [5.74, 6) is -2.20. The molecule has 32 heavy (non-hydrogen) atoms. The number of esters is 2. The van der Waals surface area contributed by atoms with Gasteiger partial charge in [-0.3, -0.25) is 14.4 Å². The van der Waals surface area contributed by atoms with E-state index in [1.807, 2.05) is 20.8 Å². The number of Topliss-reactive ketones (excluding diaryl/α,β-unsaturated/α-hetero) is 1. The summed E-state index contributed by atoms with van der Waals surface area (Å²) in [5.41, 5.74) is -0.567. The lowest BCUT2D eigenvalue weighted by Crippen LogP contribution is -2.64. The molecule has 0 unspecified atom stereocenters. The first kappa shape index (κ1) is 23.0. The number of carbonyl (C=O) groups is 3. The molecule has 3 fully saturated rings. The van der Waals surface area contributed by atoms with Gasteiger partial charge in [-0.25, -0.2) is 0 Å². The maximum Gasteiger partial charge on any atom is 0.310 e. The van der Waals surface area contributed by atoms with Crippen LogP contribution in [0.15, 0.2) is 23.0 Å². The van der Waals surface area contributed by atoms with Gasteiger partial charge in [0.15, 0.2) is 5.78 Å². The van der Waals surface area contributed by atoms with Crippen molar-refractivity contribution in [1.29, 1.82) is 0 Å². The largest absolute Gasteiger partial charge is 0.472 e. The van der Waals surface area contributed by atoms with Gasteiger partial charge >= 0.3 is 11.9 Å². The van der Waals surface area contributed by atoms with Crippen molar-refractivity contribution in [2.24, 2.45) is 28.6 Å². The smallest absolute Gasteiger partial charge is 0.310 e. The van der Waals surface area contributed by atoms with E-state index in [2.05, 4.69) is 0 Å². The van der Waals surface area contributed by atoms with E-state index in [-0.39, 0.29) is 30.9 Å². The Kier molecular flexibility index (Phi) is 6.20. The van der Waals surface area contributed by atoms with Gasteiger partial charge in [0.2, 0.25) is 0 Å². The molecule has 2 saturated carbocycles. The first-order valence-corrected chi connectivity index (χ1v) is 11.3. The minimum Gasteiger partial charge on any atom is -0.472 e. The number of furan rings is 1. The minimum atomic E-state index is -0.787. The molecule has 2 heterocycles. The summed E-state index contributed by atoms with van der Waals surface area (Å²) in [6.07, 6.45) is 3.67. The van der Waals surface area contributed by atoms with Crippen molar-refractivity contribution >= 4 is 17.7 Å². The van der Waals surface area contributed by atoms with Gasteiger partial charge in [0.25, 0.3) is 0 Å². The van der Waals surface area contributed by atoms with E-state index in [0.717, 1.165) is 5.56 Å². The molecule has 1 saturated heterocycles. The number of ketones is 1. The summed E-state index contributed by atoms with van der Waals surface area (Å²) in [4.78, 5) is 39.8. The van der Waals surface area contributed by atoms with E-state index in [4.69, 9.17) is 23.4 Å². The first-order valence-electron chi connectivity index (χ1n) is 11.3. The van der Waals surface area contributed by atoms with Crippen molar-refractivity contribution in [2.45, 2.75) is 58.7 Å². The predicted molar refractivity (Wildman–Crippen MR) is 111 cm³/mol. The summed E-state index contributed by atoms with van der Waals surface area (Å²) in [5, 5.41) is 0.